The van der Waals surface area contributed by atoms with Crippen LogP contribution in [0.3, 0.4) is 0 Å². The maximum Gasteiger partial charge on any atom is 0.276 e. The van der Waals surface area contributed by atoms with Crippen LogP contribution in [0, 0.1) is 0 Å². The minimum absolute atomic E-state index is 0.0439. The zero-order valence-corrected chi connectivity index (χ0v) is 10.2. The lowest BCUT2D eigenvalue weighted by Gasteiger charge is -2.28. The predicted molar refractivity (Wildman–Crippen MR) is 65.9 cm³/mol. The highest BCUT2D eigenvalue weighted by Gasteiger charge is 2.23. The van der Waals surface area contributed by atoms with Gasteiger partial charge in [0.1, 0.15) is 0 Å². The molecule has 0 bridgehead atoms. The van der Waals surface area contributed by atoms with E-state index in [0.29, 0.717) is 12.2 Å². The van der Waals surface area contributed by atoms with Crippen molar-refractivity contribution < 1.29 is 4.79 Å². The molecule has 3 rings (SSSR count). The van der Waals surface area contributed by atoms with Crippen molar-refractivity contribution in [3.63, 3.8) is 0 Å². The molecule has 0 fully saturated rings. The maximum absolute atomic E-state index is 12.2. The van der Waals surface area contributed by atoms with Gasteiger partial charge in [0, 0.05) is 20.1 Å². The summed E-state index contributed by atoms with van der Waals surface area (Å²) in [6.07, 6.45) is 2.56. The third kappa shape index (κ3) is 1.88. The average Bonchev–Trinajstić information content (AvgIpc) is 2.84. The molecule has 0 saturated carbocycles. The van der Waals surface area contributed by atoms with E-state index in [1.54, 1.807) is 17.9 Å². The summed E-state index contributed by atoms with van der Waals surface area (Å²) in [5.74, 6) is -0.0439. The summed E-state index contributed by atoms with van der Waals surface area (Å²) in [4.78, 5) is 14.1. The second kappa shape index (κ2) is 4.25. The van der Waals surface area contributed by atoms with Gasteiger partial charge >= 0.3 is 0 Å². The number of carbonyl (C=O) groups excluding carboxylic acids is 1. The Morgan fingerprint density at radius 1 is 1.28 bits per heavy atom. The van der Waals surface area contributed by atoms with Crippen LogP contribution in [0.4, 0.5) is 0 Å². The minimum atomic E-state index is -0.0439. The average molecular weight is 242 g/mol. The van der Waals surface area contributed by atoms with Crippen molar-refractivity contribution in [3.05, 3.63) is 47.3 Å². The standard InChI is InChI=1S/C13H14N4O/c1-16-9-12(14-15-16)13(18)17-7-6-10-4-2-3-5-11(10)8-17/h2-5,9H,6-8H2,1H3. The van der Waals surface area contributed by atoms with Gasteiger partial charge in [0.05, 0.1) is 6.20 Å². The summed E-state index contributed by atoms with van der Waals surface area (Å²) in [5.41, 5.74) is 2.97. The predicted octanol–water partition coefficient (Wildman–Crippen LogP) is 1.01. The first-order valence-corrected chi connectivity index (χ1v) is 5.96. The molecule has 0 atom stereocenters. The highest BCUT2D eigenvalue weighted by atomic mass is 16.2. The molecule has 18 heavy (non-hydrogen) atoms. The van der Waals surface area contributed by atoms with Crippen LogP contribution in [0.2, 0.25) is 0 Å². The summed E-state index contributed by atoms with van der Waals surface area (Å²) in [7, 11) is 1.76. The van der Waals surface area contributed by atoms with Crippen LogP contribution in [-0.4, -0.2) is 32.3 Å². The quantitative estimate of drug-likeness (QED) is 0.750. The van der Waals surface area contributed by atoms with Crippen LogP contribution < -0.4 is 0 Å². The van der Waals surface area contributed by atoms with Gasteiger partial charge in [-0.2, -0.15) is 0 Å². The van der Waals surface area contributed by atoms with E-state index < -0.39 is 0 Å². The number of nitrogens with zero attached hydrogens (tertiary/aromatic N) is 4. The topological polar surface area (TPSA) is 51.0 Å². The molecule has 5 heteroatoms. The molecular weight excluding hydrogens is 228 g/mol. The molecule has 0 saturated heterocycles. The lowest BCUT2D eigenvalue weighted by molar-refractivity contribution is 0.0728. The lowest BCUT2D eigenvalue weighted by Crippen LogP contribution is -2.36. The van der Waals surface area contributed by atoms with Gasteiger partial charge < -0.3 is 4.90 Å². The third-order valence-electron chi connectivity index (χ3n) is 3.24. The monoisotopic (exact) mass is 242 g/mol. The lowest BCUT2D eigenvalue weighted by atomic mass is 10.00. The van der Waals surface area contributed by atoms with Gasteiger partial charge in [-0.05, 0) is 17.5 Å². The van der Waals surface area contributed by atoms with Gasteiger partial charge in [-0.25, -0.2) is 0 Å². The molecule has 1 aromatic carbocycles. The highest BCUT2D eigenvalue weighted by molar-refractivity contribution is 5.92. The molecule has 2 aromatic rings. The van der Waals surface area contributed by atoms with E-state index >= 15 is 0 Å². The largest absolute Gasteiger partial charge is 0.333 e. The number of rotatable bonds is 1. The van der Waals surface area contributed by atoms with Gasteiger partial charge in [-0.3, -0.25) is 9.48 Å². The SMILES string of the molecule is Cn1cc(C(=O)N2CCc3ccccc3C2)nn1. The summed E-state index contributed by atoms with van der Waals surface area (Å²) in [6, 6.07) is 8.25. The molecule has 0 aliphatic carbocycles. The Hall–Kier alpha value is -2.17. The third-order valence-corrected chi connectivity index (χ3v) is 3.24. The van der Waals surface area contributed by atoms with Crippen molar-refractivity contribution >= 4 is 5.91 Å². The Kier molecular flexibility index (Phi) is 2.59. The van der Waals surface area contributed by atoms with Gasteiger partial charge in [0.25, 0.3) is 5.91 Å². The van der Waals surface area contributed by atoms with Crippen LogP contribution in [0.15, 0.2) is 30.5 Å². The molecule has 1 aromatic heterocycles. The van der Waals surface area contributed by atoms with E-state index in [4.69, 9.17) is 0 Å². The van der Waals surface area contributed by atoms with Crippen molar-refractivity contribution in [3.8, 4) is 0 Å². The van der Waals surface area contributed by atoms with Gasteiger partial charge in [0.15, 0.2) is 5.69 Å². The van der Waals surface area contributed by atoms with E-state index in [1.807, 2.05) is 17.0 Å². The molecule has 92 valence electrons. The maximum atomic E-state index is 12.2. The molecule has 5 nitrogen and oxygen atoms in total. The number of aromatic nitrogens is 3. The fourth-order valence-corrected chi connectivity index (χ4v) is 2.28. The van der Waals surface area contributed by atoms with E-state index in [9.17, 15) is 4.79 Å². The Morgan fingerprint density at radius 2 is 2.06 bits per heavy atom. The molecule has 1 amide bonds. The molecule has 0 spiro atoms. The first-order chi connectivity index (χ1) is 8.74. The number of benzene rings is 1. The van der Waals surface area contributed by atoms with Crippen LogP contribution in [-0.2, 0) is 20.0 Å². The van der Waals surface area contributed by atoms with Crippen LogP contribution in [0.25, 0.3) is 0 Å². The molecule has 1 aliphatic heterocycles. The Bertz CT molecular complexity index is 590. The molecule has 0 N–H and O–H groups in total. The second-order valence-corrected chi connectivity index (χ2v) is 4.52. The van der Waals surface area contributed by atoms with Crippen molar-refractivity contribution in [1.29, 1.82) is 0 Å². The fourth-order valence-electron chi connectivity index (χ4n) is 2.28. The molecule has 0 radical (unpaired) electrons. The van der Waals surface area contributed by atoms with Gasteiger partial charge in [-0.15, -0.1) is 5.10 Å². The zero-order valence-electron chi connectivity index (χ0n) is 10.2. The second-order valence-electron chi connectivity index (χ2n) is 4.52. The molecule has 1 aliphatic rings. The van der Waals surface area contributed by atoms with E-state index in [2.05, 4.69) is 22.4 Å². The van der Waals surface area contributed by atoms with Gasteiger partial charge in [-0.1, -0.05) is 29.5 Å². The number of hydrogen-bond donors (Lipinski definition) is 0. The van der Waals surface area contributed by atoms with Crippen molar-refractivity contribution in [1.82, 2.24) is 19.9 Å². The first kappa shape index (κ1) is 11.0. The summed E-state index contributed by atoms with van der Waals surface area (Å²) in [5, 5.41) is 7.66. The smallest absolute Gasteiger partial charge is 0.276 e. The van der Waals surface area contributed by atoms with Crippen LogP contribution in [0.1, 0.15) is 21.6 Å². The van der Waals surface area contributed by atoms with Crippen LogP contribution in [0.5, 0.6) is 0 Å². The normalized spacial score (nSPS) is 14.4. The fraction of sp³-hybridized carbons (Fsp3) is 0.308. The highest BCUT2D eigenvalue weighted by Crippen LogP contribution is 2.19. The molecule has 2 heterocycles. The molecule has 0 unspecified atom stereocenters. The minimum Gasteiger partial charge on any atom is -0.333 e. The van der Waals surface area contributed by atoms with E-state index in [1.165, 1.54) is 11.1 Å². The number of hydrogen-bond acceptors (Lipinski definition) is 3. The summed E-state index contributed by atoms with van der Waals surface area (Å²) < 4.78 is 1.55. The zero-order chi connectivity index (χ0) is 12.5. The van der Waals surface area contributed by atoms with Crippen LogP contribution >= 0.6 is 0 Å². The first-order valence-electron chi connectivity index (χ1n) is 5.96. The summed E-state index contributed by atoms with van der Waals surface area (Å²) >= 11 is 0. The Morgan fingerprint density at radius 3 is 2.78 bits per heavy atom. The number of amides is 1. The van der Waals surface area contributed by atoms with Crippen molar-refractivity contribution in [2.75, 3.05) is 6.54 Å². The summed E-state index contributed by atoms with van der Waals surface area (Å²) in [6.45, 7) is 1.40. The van der Waals surface area contributed by atoms with E-state index in [-0.39, 0.29) is 5.91 Å². The number of carbonyl (C=O) groups is 1. The molecular formula is C13H14N4O. The van der Waals surface area contributed by atoms with Crippen molar-refractivity contribution in [2.24, 2.45) is 7.05 Å². The van der Waals surface area contributed by atoms with Crippen molar-refractivity contribution in [2.45, 2.75) is 13.0 Å². The Labute approximate surface area is 105 Å². The van der Waals surface area contributed by atoms with E-state index in [0.717, 1.165) is 13.0 Å². The number of fused-ring (bicyclic) bond motifs is 1. The number of aryl methyl sites for hydroxylation is 1. The Balaban J connectivity index is 1.82. The van der Waals surface area contributed by atoms with Gasteiger partial charge in [0.2, 0.25) is 0 Å².